The number of hydrogen-bond acceptors (Lipinski definition) is 1. The van der Waals surface area contributed by atoms with Gasteiger partial charge in [0.1, 0.15) is 0 Å². The van der Waals surface area contributed by atoms with Crippen LogP contribution in [0.4, 0.5) is 0 Å². The molecule has 0 N–H and O–H groups in total. The van der Waals surface area contributed by atoms with Crippen LogP contribution in [0.5, 0.6) is 0 Å². The molecule has 3 rings (SSSR count). The molecular formula is C9H8Cl2O. The van der Waals surface area contributed by atoms with Crippen molar-refractivity contribution >= 4 is 29.0 Å². The summed E-state index contributed by atoms with van der Waals surface area (Å²) in [6, 6.07) is 0. The first-order valence-electron chi connectivity index (χ1n) is 4.23. The van der Waals surface area contributed by atoms with E-state index in [9.17, 15) is 4.79 Å². The fourth-order valence-corrected chi connectivity index (χ4v) is 3.81. The standard InChI is InChI=1S/C9H8Cl2O/c10-9(11)7-5-2-1-4(3-5)6(7)8(9)12/h1-2,4-7H,3H2/t4-,5-,6-,7+/m0/s1. The highest BCUT2D eigenvalue weighted by atomic mass is 35.5. The lowest BCUT2D eigenvalue weighted by molar-refractivity contribution is -0.136. The molecule has 0 heterocycles. The quantitative estimate of drug-likeness (QED) is 0.435. The minimum Gasteiger partial charge on any atom is -0.296 e. The fourth-order valence-electron chi connectivity index (χ4n) is 2.96. The number of halogens is 2. The average molecular weight is 203 g/mol. The van der Waals surface area contributed by atoms with Gasteiger partial charge in [-0.15, -0.1) is 0 Å². The Morgan fingerprint density at radius 3 is 2.67 bits per heavy atom. The van der Waals surface area contributed by atoms with Gasteiger partial charge in [0.05, 0.1) is 0 Å². The molecule has 0 spiro atoms. The second kappa shape index (κ2) is 1.91. The maximum Gasteiger partial charge on any atom is 0.180 e. The van der Waals surface area contributed by atoms with Crippen LogP contribution in [0.25, 0.3) is 0 Å². The lowest BCUT2D eigenvalue weighted by atomic mass is 9.66. The molecule has 12 heavy (non-hydrogen) atoms. The van der Waals surface area contributed by atoms with Crippen LogP contribution in [0.2, 0.25) is 0 Å². The molecule has 0 unspecified atom stereocenters. The first-order valence-corrected chi connectivity index (χ1v) is 4.98. The molecule has 0 aromatic rings. The zero-order chi connectivity index (χ0) is 8.51. The summed E-state index contributed by atoms with van der Waals surface area (Å²) in [5.74, 6) is 1.32. The van der Waals surface area contributed by atoms with E-state index in [1.165, 1.54) is 0 Å². The third kappa shape index (κ3) is 0.590. The number of hydrogen-bond donors (Lipinski definition) is 0. The van der Waals surface area contributed by atoms with Crippen LogP contribution in [-0.2, 0) is 4.79 Å². The van der Waals surface area contributed by atoms with Crippen molar-refractivity contribution < 1.29 is 4.79 Å². The smallest absolute Gasteiger partial charge is 0.180 e. The zero-order valence-electron chi connectivity index (χ0n) is 6.34. The van der Waals surface area contributed by atoms with E-state index in [1.807, 2.05) is 0 Å². The summed E-state index contributed by atoms with van der Waals surface area (Å²) in [7, 11) is 0. The lowest BCUT2D eigenvalue weighted by Gasteiger charge is -2.46. The van der Waals surface area contributed by atoms with Crippen molar-refractivity contribution in [1.82, 2.24) is 0 Å². The van der Waals surface area contributed by atoms with Crippen molar-refractivity contribution in [1.29, 1.82) is 0 Å². The van der Waals surface area contributed by atoms with Gasteiger partial charge in [0.25, 0.3) is 0 Å². The number of carbonyl (C=O) groups excluding carboxylic acids is 1. The molecule has 0 aliphatic heterocycles. The van der Waals surface area contributed by atoms with Gasteiger partial charge in [-0.1, -0.05) is 35.4 Å². The van der Waals surface area contributed by atoms with Gasteiger partial charge in [-0.05, 0) is 18.3 Å². The van der Waals surface area contributed by atoms with E-state index >= 15 is 0 Å². The van der Waals surface area contributed by atoms with Gasteiger partial charge in [-0.3, -0.25) is 4.79 Å². The largest absolute Gasteiger partial charge is 0.296 e. The number of allylic oxidation sites excluding steroid dienone is 2. The minimum atomic E-state index is -1.06. The Kier molecular flexibility index (Phi) is 1.18. The maximum atomic E-state index is 11.5. The second-order valence-electron chi connectivity index (χ2n) is 3.99. The van der Waals surface area contributed by atoms with Crippen molar-refractivity contribution in [2.24, 2.45) is 23.7 Å². The molecule has 0 saturated heterocycles. The topological polar surface area (TPSA) is 17.1 Å². The molecule has 3 aliphatic rings. The molecule has 0 amide bonds. The fraction of sp³-hybridized carbons (Fsp3) is 0.667. The van der Waals surface area contributed by atoms with Crippen LogP contribution in [0.3, 0.4) is 0 Å². The number of rotatable bonds is 0. The van der Waals surface area contributed by atoms with Gasteiger partial charge in [0, 0.05) is 11.8 Å². The van der Waals surface area contributed by atoms with Gasteiger partial charge < -0.3 is 0 Å². The van der Waals surface area contributed by atoms with E-state index < -0.39 is 4.33 Å². The molecule has 2 fully saturated rings. The number of fused-ring (bicyclic) bond motifs is 5. The zero-order valence-corrected chi connectivity index (χ0v) is 7.85. The minimum absolute atomic E-state index is 0.0488. The molecule has 0 aromatic heterocycles. The van der Waals surface area contributed by atoms with Crippen LogP contribution < -0.4 is 0 Å². The first kappa shape index (κ1) is 7.40. The summed E-state index contributed by atoms with van der Waals surface area (Å²) in [4.78, 5) is 11.5. The second-order valence-corrected chi connectivity index (χ2v) is 5.37. The molecule has 0 aromatic carbocycles. The Labute approximate surface area is 80.7 Å². The van der Waals surface area contributed by atoms with Gasteiger partial charge >= 0.3 is 0 Å². The number of carbonyl (C=O) groups is 1. The molecule has 64 valence electrons. The van der Waals surface area contributed by atoms with Crippen LogP contribution in [0, 0.1) is 23.7 Å². The van der Waals surface area contributed by atoms with E-state index in [1.54, 1.807) is 0 Å². The molecule has 4 atom stereocenters. The average Bonchev–Trinajstić information content (AvgIpc) is 2.59. The van der Waals surface area contributed by atoms with Gasteiger partial charge in [-0.25, -0.2) is 0 Å². The van der Waals surface area contributed by atoms with Crippen LogP contribution >= 0.6 is 23.2 Å². The highest BCUT2D eigenvalue weighted by Gasteiger charge is 2.68. The van der Waals surface area contributed by atoms with Gasteiger partial charge in [0.2, 0.25) is 0 Å². The van der Waals surface area contributed by atoms with Gasteiger partial charge in [-0.2, -0.15) is 0 Å². The Morgan fingerprint density at radius 1 is 1.33 bits per heavy atom. The van der Waals surface area contributed by atoms with Crippen LogP contribution in [0.1, 0.15) is 6.42 Å². The number of Topliss-reactive ketones (excluding diaryl/α,β-unsaturated/α-hetero) is 1. The Bertz CT molecular complexity index is 295. The lowest BCUT2D eigenvalue weighted by Crippen LogP contribution is -2.57. The van der Waals surface area contributed by atoms with Crippen LogP contribution in [-0.4, -0.2) is 10.1 Å². The molecule has 2 bridgehead atoms. The molecule has 3 aliphatic carbocycles. The highest BCUT2D eigenvalue weighted by molar-refractivity contribution is 6.61. The monoisotopic (exact) mass is 202 g/mol. The van der Waals surface area contributed by atoms with Crippen molar-refractivity contribution in [3.05, 3.63) is 12.2 Å². The first-order chi connectivity index (χ1) is 5.62. The van der Waals surface area contributed by atoms with E-state index in [0.717, 1.165) is 6.42 Å². The van der Waals surface area contributed by atoms with Crippen molar-refractivity contribution in [3.63, 3.8) is 0 Å². The maximum absolute atomic E-state index is 11.5. The van der Waals surface area contributed by atoms with Gasteiger partial charge in [0.15, 0.2) is 10.1 Å². The Hall–Kier alpha value is -0.0100. The molecule has 2 saturated carbocycles. The predicted molar refractivity (Wildman–Crippen MR) is 47.2 cm³/mol. The summed E-state index contributed by atoms with van der Waals surface area (Å²) in [6.07, 6.45) is 5.40. The van der Waals surface area contributed by atoms with Crippen LogP contribution in [0.15, 0.2) is 12.2 Å². The molecular weight excluding hydrogens is 195 g/mol. The summed E-state index contributed by atoms with van der Waals surface area (Å²) < 4.78 is -1.06. The summed E-state index contributed by atoms with van der Waals surface area (Å²) in [5, 5.41) is 0. The SMILES string of the molecule is O=C1[C@@H]2[C@@H]([C@H]3C=C[C@H]2C3)C1(Cl)Cl. The van der Waals surface area contributed by atoms with E-state index in [2.05, 4.69) is 12.2 Å². The molecule has 1 nitrogen and oxygen atoms in total. The Morgan fingerprint density at radius 2 is 2.00 bits per heavy atom. The van der Waals surface area contributed by atoms with Crippen molar-refractivity contribution in [2.75, 3.05) is 0 Å². The molecule has 3 heteroatoms. The van der Waals surface area contributed by atoms with E-state index in [0.29, 0.717) is 11.8 Å². The third-order valence-electron chi connectivity index (χ3n) is 3.51. The van der Waals surface area contributed by atoms with E-state index in [4.69, 9.17) is 23.2 Å². The summed E-state index contributed by atoms with van der Waals surface area (Å²) in [5.41, 5.74) is 0. The number of ketones is 1. The number of alkyl halides is 2. The Balaban J connectivity index is 2.04. The van der Waals surface area contributed by atoms with E-state index in [-0.39, 0.29) is 17.6 Å². The normalized spacial score (nSPS) is 52.3. The molecule has 0 radical (unpaired) electrons. The predicted octanol–water partition coefficient (Wildman–Crippen LogP) is 2.18. The summed E-state index contributed by atoms with van der Waals surface area (Å²) in [6.45, 7) is 0. The summed E-state index contributed by atoms with van der Waals surface area (Å²) >= 11 is 11.9. The highest BCUT2D eigenvalue weighted by Crippen LogP contribution is 2.64. The van der Waals surface area contributed by atoms with Crippen molar-refractivity contribution in [2.45, 2.75) is 10.8 Å². The van der Waals surface area contributed by atoms with Crippen molar-refractivity contribution in [3.8, 4) is 0 Å². The third-order valence-corrected chi connectivity index (χ3v) is 4.39.